The van der Waals surface area contributed by atoms with Crippen molar-refractivity contribution in [2.24, 2.45) is 0 Å². The second-order valence-corrected chi connectivity index (χ2v) is 5.97. The number of carbonyl (C=O) groups is 1. The van der Waals surface area contributed by atoms with Gasteiger partial charge in [-0.1, -0.05) is 0 Å². The van der Waals surface area contributed by atoms with Crippen molar-refractivity contribution >= 4 is 36.5 Å². The molecular weight excluding hydrogens is 275 g/mol. The Labute approximate surface area is 143 Å². The molecule has 7 heteroatoms. The number of aromatic nitrogens is 1. The van der Waals surface area contributed by atoms with E-state index in [9.17, 15) is 9.90 Å². The molecule has 3 rings (SSSR count). The summed E-state index contributed by atoms with van der Waals surface area (Å²) in [6, 6.07) is 3.77. The SMILES string of the molecule is CN1CCN(c2cc(C(=O)O)cc(NC3CCC3)n2)CC1.[LiH]. The number of piperazine rings is 1. The molecule has 0 bridgehead atoms. The number of hydrogen-bond donors (Lipinski definition) is 2. The number of hydrogen-bond acceptors (Lipinski definition) is 5. The van der Waals surface area contributed by atoms with Crippen molar-refractivity contribution in [3.63, 3.8) is 0 Å². The van der Waals surface area contributed by atoms with Gasteiger partial charge in [-0.3, -0.25) is 0 Å². The van der Waals surface area contributed by atoms with Crippen LogP contribution in [0.15, 0.2) is 12.1 Å². The standard InChI is InChI=1S/C15H22N4O2.Li.H/c1-18-5-7-19(8-6-18)14-10-11(15(20)21)9-13(17-14)16-12-3-2-4-12;;/h9-10,12H,2-8H2,1H3,(H,16,17)(H,20,21);;. The van der Waals surface area contributed by atoms with E-state index in [2.05, 4.69) is 27.1 Å². The van der Waals surface area contributed by atoms with E-state index in [1.54, 1.807) is 12.1 Å². The molecule has 2 aliphatic rings. The molecule has 1 aromatic rings. The number of carboxylic acid groups (broad SMARTS) is 1. The van der Waals surface area contributed by atoms with Crippen molar-refractivity contribution in [3.8, 4) is 0 Å². The summed E-state index contributed by atoms with van der Waals surface area (Å²) in [4.78, 5) is 20.4. The van der Waals surface area contributed by atoms with Crippen molar-refractivity contribution in [3.05, 3.63) is 17.7 Å². The van der Waals surface area contributed by atoms with E-state index in [0.717, 1.165) is 44.8 Å². The Morgan fingerprint density at radius 3 is 2.50 bits per heavy atom. The molecule has 0 unspecified atom stereocenters. The molecule has 0 radical (unpaired) electrons. The predicted molar refractivity (Wildman–Crippen MR) is 89.3 cm³/mol. The zero-order valence-corrected chi connectivity index (χ0v) is 12.4. The molecule has 1 saturated heterocycles. The van der Waals surface area contributed by atoms with Crippen LogP contribution in [0.4, 0.5) is 11.6 Å². The summed E-state index contributed by atoms with van der Waals surface area (Å²) in [5, 5.41) is 12.6. The van der Waals surface area contributed by atoms with Crippen LogP contribution >= 0.6 is 0 Å². The van der Waals surface area contributed by atoms with E-state index < -0.39 is 5.97 Å². The van der Waals surface area contributed by atoms with E-state index in [1.807, 2.05) is 0 Å². The fourth-order valence-corrected chi connectivity index (χ4v) is 2.67. The van der Waals surface area contributed by atoms with Crippen molar-refractivity contribution < 1.29 is 9.90 Å². The van der Waals surface area contributed by atoms with Gasteiger partial charge in [-0.15, -0.1) is 0 Å². The molecule has 1 aliphatic heterocycles. The van der Waals surface area contributed by atoms with Gasteiger partial charge in [-0.25, -0.2) is 9.78 Å². The van der Waals surface area contributed by atoms with Crippen molar-refractivity contribution in [1.82, 2.24) is 9.88 Å². The molecular formula is C15H23LiN4O2. The van der Waals surface area contributed by atoms with Crippen LogP contribution in [0, 0.1) is 0 Å². The quantitative estimate of drug-likeness (QED) is 0.803. The van der Waals surface area contributed by atoms with Gasteiger partial charge in [-0.2, -0.15) is 0 Å². The number of likely N-dealkylation sites (N-methyl/N-ethyl adjacent to an activating group) is 1. The van der Waals surface area contributed by atoms with Gasteiger partial charge >= 0.3 is 24.8 Å². The Morgan fingerprint density at radius 1 is 1.27 bits per heavy atom. The molecule has 0 atom stereocenters. The Bertz CT molecular complexity index is 528. The maximum absolute atomic E-state index is 11.3. The number of rotatable bonds is 4. The van der Waals surface area contributed by atoms with E-state index in [0.29, 0.717) is 17.4 Å². The van der Waals surface area contributed by atoms with Crippen LogP contribution in [-0.4, -0.2) is 79.1 Å². The zero-order chi connectivity index (χ0) is 14.8. The molecule has 6 nitrogen and oxygen atoms in total. The predicted octanol–water partition coefficient (Wildman–Crippen LogP) is 0.847. The summed E-state index contributed by atoms with van der Waals surface area (Å²) < 4.78 is 0. The van der Waals surface area contributed by atoms with Gasteiger partial charge in [0.2, 0.25) is 0 Å². The third-order valence-electron chi connectivity index (χ3n) is 4.34. The van der Waals surface area contributed by atoms with E-state index in [4.69, 9.17) is 0 Å². The topological polar surface area (TPSA) is 68.7 Å². The zero-order valence-electron chi connectivity index (χ0n) is 12.4. The van der Waals surface area contributed by atoms with Crippen molar-refractivity contribution in [2.45, 2.75) is 25.3 Å². The number of nitrogens with zero attached hydrogens (tertiary/aromatic N) is 3. The van der Waals surface area contributed by atoms with Gasteiger partial charge in [0.1, 0.15) is 11.6 Å². The fourth-order valence-electron chi connectivity index (χ4n) is 2.67. The molecule has 2 fully saturated rings. The first-order chi connectivity index (χ1) is 10.1. The Balaban J connectivity index is 0.00000176. The van der Waals surface area contributed by atoms with Crippen molar-refractivity contribution in [2.75, 3.05) is 43.4 Å². The summed E-state index contributed by atoms with van der Waals surface area (Å²) in [7, 11) is 2.10. The molecule has 22 heavy (non-hydrogen) atoms. The fraction of sp³-hybridized carbons (Fsp3) is 0.600. The first-order valence-electron chi connectivity index (χ1n) is 7.57. The molecule has 2 heterocycles. The van der Waals surface area contributed by atoms with Crippen LogP contribution in [0.1, 0.15) is 29.6 Å². The van der Waals surface area contributed by atoms with Gasteiger partial charge in [-0.05, 0) is 38.4 Å². The summed E-state index contributed by atoms with van der Waals surface area (Å²) in [5.41, 5.74) is 0.306. The molecule has 0 aromatic carbocycles. The monoisotopic (exact) mass is 298 g/mol. The minimum absolute atomic E-state index is 0. The number of aromatic carboxylic acids is 1. The van der Waals surface area contributed by atoms with Gasteiger partial charge in [0, 0.05) is 32.2 Å². The molecule has 116 valence electrons. The average molecular weight is 298 g/mol. The molecule has 0 spiro atoms. The Kier molecular flexibility index (Phi) is 5.73. The third-order valence-corrected chi connectivity index (χ3v) is 4.34. The second-order valence-electron chi connectivity index (χ2n) is 5.97. The summed E-state index contributed by atoms with van der Waals surface area (Å²) in [6.07, 6.45) is 3.52. The van der Waals surface area contributed by atoms with Crippen molar-refractivity contribution in [1.29, 1.82) is 0 Å². The van der Waals surface area contributed by atoms with Gasteiger partial charge in [0.05, 0.1) is 5.56 Å². The van der Waals surface area contributed by atoms with E-state index >= 15 is 0 Å². The normalized spacial score (nSPS) is 19.2. The summed E-state index contributed by atoms with van der Waals surface area (Å²) >= 11 is 0. The Hall–Kier alpha value is -1.22. The molecule has 1 aliphatic carbocycles. The number of anilines is 2. The molecule has 2 N–H and O–H groups in total. The number of pyridine rings is 1. The van der Waals surface area contributed by atoms with Crippen LogP contribution in [0.5, 0.6) is 0 Å². The van der Waals surface area contributed by atoms with Crippen LogP contribution in [-0.2, 0) is 0 Å². The molecule has 1 saturated carbocycles. The van der Waals surface area contributed by atoms with Gasteiger partial charge in [0.15, 0.2) is 0 Å². The van der Waals surface area contributed by atoms with Crippen LogP contribution < -0.4 is 10.2 Å². The average Bonchev–Trinajstić information content (AvgIpc) is 2.43. The number of nitrogens with one attached hydrogen (secondary N) is 1. The first kappa shape index (κ1) is 17.1. The third kappa shape index (κ3) is 3.95. The molecule has 0 amide bonds. The second kappa shape index (κ2) is 7.36. The van der Waals surface area contributed by atoms with Crippen LogP contribution in [0.25, 0.3) is 0 Å². The number of carboxylic acids is 1. The van der Waals surface area contributed by atoms with Crippen LogP contribution in [0.2, 0.25) is 0 Å². The molecule has 1 aromatic heterocycles. The first-order valence-corrected chi connectivity index (χ1v) is 7.57. The van der Waals surface area contributed by atoms with Gasteiger partial charge < -0.3 is 20.2 Å². The Morgan fingerprint density at radius 2 is 1.95 bits per heavy atom. The van der Waals surface area contributed by atoms with Crippen LogP contribution in [0.3, 0.4) is 0 Å². The minimum atomic E-state index is -0.899. The van der Waals surface area contributed by atoms with E-state index in [-0.39, 0.29) is 18.9 Å². The maximum atomic E-state index is 11.3. The summed E-state index contributed by atoms with van der Waals surface area (Å²) in [6.45, 7) is 3.72. The van der Waals surface area contributed by atoms with Gasteiger partial charge in [0.25, 0.3) is 0 Å². The summed E-state index contributed by atoms with van der Waals surface area (Å²) in [5.74, 6) is 0.558. The van der Waals surface area contributed by atoms with E-state index in [1.165, 1.54) is 6.42 Å².